The van der Waals surface area contributed by atoms with E-state index in [1.54, 1.807) is 6.20 Å². The van der Waals surface area contributed by atoms with Gasteiger partial charge in [0.1, 0.15) is 5.82 Å². The van der Waals surface area contributed by atoms with Crippen molar-refractivity contribution in [1.29, 1.82) is 0 Å². The number of aromatic nitrogens is 1. The molecule has 0 amide bonds. The Morgan fingerprint density at radius 1 is 1.64 bits per heavy atom. The quantitative estimate of drug-likeness (QED) is 0.785. The van der Waals surface area contributed by atoms with Crippen LogP contribution in [0.5, 0.6) is 0 Å². The maximum absolute atomic E-state index is 10.4. The normalized spacial score (nSPS) is 9.86. The number of carboxylic acid groups (broad SMARTS) is 1. The van der Waals surface area contributed by atoms with Gasteiger partial charge >= 0.3 is 5.97 Å². The number of aliphatic carboxylic acids is 1. The van der Waals surface area contributed by atoms with Crippen LogP contribution >= 0.6 is 0 Å². The summed E-state index contributed by atoms with van der Waals surface area (Å²) in [5, 5.41) is 8.52. The molecule has 0 aliphatic carbocycles. The number of pyridine rings is 1. The molecule has 14 heavy (non-hydrogen) atoms. The molecule has 1 N–H and O–H groups in total. The van der Waals surface area contributed by atoms with Gasteiger partial charge in [-0.15, -0.1) is 0 Å². The number of aryl methyl sites for hydroxylation is 1. The van der Waals surface area contributed by atoms with Crippen molar-refractivity contribution in [2.24, 2.45) is 0 Å². The minimum atomic E-state index is -0.787. The fourth-order valence-corrected chi connectivity index (χ4v) is 1.11. The number of carboxylic acids is 1. The highest BCUT2D eigenvalue weighted by Gasteiger charge is 2.04. The van der Waals surface area contributed by atoms with Crippen LogP contribution in [0, 0.1) is 6.92 Å². The third-order valence-corrected chi connectivity index (χ3v) is 1.95. The smallest absolute Gasteiger partial charge is 0.305 e. The maximum Gasteiger partial charge on any atom is 0.305 e. The van der Waals surface area contributed by atoms with Crippen LogP contribution in [-0.4, -0.2) is 29.7 Å². The first-order valence-corrected chi connectivity index (χ1v) is 4.45. The standard InChI is InChI=1S/C10H14N2O2/c1-8-3-5-11-9(7-8)12(2)6-4-10(13)14/h3,5,7H,4,6H2,1-2H3,(H,13,14). The Labute approximate surface area is 83.2 Å². The average molecular weight is 194 g/mol. The second kappa shape index (κ2) is 4.60. The summed E-state index contributed by atoms with van der Waals surface area (Å²) in [6.45, 7) is 2.46. The third kappa shape index (κ3) is 3.05. The highest BCUT2D eigenvalue weighted by Crippen LogP contribution is 2.10. The van der Waals surface area contributed by atoms with Crippen LogP contribution in [-0.2, 0) is 4.79 Å². The molecule has 4 heteroatoms. The van der Waals surface area contributed by atoms with Gasteiger partial charge in [0.25, 0.3) is 0 Å². The summed E-state index contributed by atoms with van der Waals surface area (Å²) in [5.41, 5.74) is 1.12. The Morgan fingerprint density at radius 3 is 2.93 bits per heavy atom. The second-order valence-electron chi connectivity index (χ2n) is 3.26. The topological polar surface area (TPSA) is 53.4 Å². The molecule has 0 fully saturated rings. The molecule has 0 aromatic carbocycles. The molecule has 1 aromatic heterocycles. The van der Waals surface area contributed by atoms with E-state index in [0.29, 0.717) is 6.54 Å². The lowest BCUT2D eigenvalue weighted by molar-refractivity contribution is -0.136. The first-order chi connectivity index (χ1) is 6.59. The van der Waals surface area contributed by atoms with Gasteiger partial charge in [-0.2, -0.15) is 0 Å². The Kier molecular flexibility index (Phi) is 3.45. The van der Waals surface area contributed by atoms with E-state index in [-0.39, 0.29) is 6.42 Å². The lowest BCUT2D eigenvalue weighted by atomic mass is 10.3. The van der Waals surface area contributed by atoms with Crippen LogP contribution in [0.4, 0.5) is 5.82 Å². The van der Waals surface area contributed by atoms with Gasteiger partial charge in [0.15, 0.2) is 0 Å². The van der Waals surface area contributed by atoms with Crippen LogP contribution in [0.1, 0.15) is 12.0 Å². The second-order valence-corrected chi connectivity index (χ2v) is 3.26. The SMILES string of the molecule is Cc1ccnc(N(C)CCC(=O)O)c1. The van der Waals surface area contributed by atoms with Gasteiger partial charge < -0.3 is 10.0 Å². The van der Waals surface area contributed by atoms with Gasteiger partial charge in [-0.1, -0.05) is 0 Å². The van der Waals surface area contributed by atoms with Gasteiger partial charge in [0.05, 0.1) is 6.42 Å². The highest BCUT2D eigenvalue weighted by atomic mass is 16.4. The number of anilines is 1. The zero-order chi connectivity index (χ0) is 10.6. The molecule has 76 valence electrons. The fourth-order valence-electron chi connectivity index (χ4n) is 1.11. The third-order valence-electron chi connectivity index (χ3n) is 1.95. The predicted molar refractivity (Wildman–Crippen MR) is 54.5 cm³/mol. The van der Waals surface area contributed by atoms with Crippen molar-refractivity contribution < 1.29 is 9.90 Å². The molecule has 0 atom stereocenters. The average Bonchev–Trinajstić information content (AvgIpc) is 2.14. The highest BCUT2D eigenvalue weighted by molar-refractivity contribution is 5.67. The van der Waals surface area contributed by atoms with Gasteiger partial charge in [-0.3, -0.25) is 4.79 Å². The van der Waals surface area contributed by atoms with E-state index in [1.165, 1.54) is 0 Å². The molecular formula is C10H14N2O2. The Bertz CT molecular complexity index is 326. The number of hydrogen-bond donors (Lipinski definition) is 1. The van der Waals surface area contributed by atoms with Gasteiger partial charge in [0.2, 0.25) is 0 Å². The molecule has 0 unspecified atom stereocenters. The molecule has 0 radical (unpaired) electrons. The first kappa shape index (κ1) is 10.5. The van der Waals surface area contributed by atoms with Crippen LogP contribution in [0.25, 0.3) is 0 Å². The number of hydrogen-bond acceptors (Lipinski definition) is 3. The van der Waals surface area contributed by atoms with Crippen molar-refractivity contribution in [3.63, 3.8) is 0 Å². The van der Waals surface area contributed by atoms with Gasteiger partial charge in [-0.05, 0) is 24.6 Å². The Balaban J connectivity index is 2.60. The monoisotopic (exact) mass is 194 g/mol. The summed E-state index contributed by atoms with van der Waals surface area (Å²) in [6.07, 6.45) is 1.86. The van der Waals surface area contributed by atoms with E-state index in [4.69, 9.17) is 5.11 Å². The Morgan fingerprint density at radius 2 is 2.36 bits per heavy atom. The molecule has 4 nitrogen and oxygen atoms in total. The van der Waals surface area contributed by atoms with E-state index in [1.807, 2.05) is 31.0 Å². The summed E-state index contributed by atoms with van der Waals surface area (Å²) in [4.78, 5) is 16.3. The molecule has 1 aromatic rings. The van der Waals surface area contributed by atoms with Crippen molar-refractivity contribution in [1.82, 2.24) is 4.98 Å². The van der Waals surface area contributed by atoms with Crippen molar-refractivity contribution in [3.05, 3.63) is 23.9 Å². The van der Waals surface area contributed by atoms with Crippen molar-refractivity contribution in [3.8, 4) is 0 Å². The lowest BCUT2D eigenvalue weighted by Gasteiger charge is -2.16. The summed E-state index contributed by atoms with van der Waals surface area (Å²) >= 11 is 0. The summed E-state index contributed by atoms with van der Waals surface area (Å²) < 4.78 is 0. The van der Waals surface area contributed by atoms with Crippen LogP contribution in [0.3, 0.4) is 0 Å². The van der Waals surface area contributed by atoms with Crippen molar-refractivity contribution in [2.45, 2.75) is 13.3 Å². The summed E-state index contributed by atoms with van der Waals surface area (Å²) in [5.74, 6) is 0.0238. The van der Waals surface area contributed by atoms with E-state index >= 15 is 0 Å². The van der Waals surface area contributed by atoms with Gasteiger partial charge in [0, 0.05) is 19.8 Å². The minimum absolute atomic E-state index is 0.131. The van der Waals surface area contributed by atoms with E-state index in [9.17, 15) is 4.79 Å². The molecule has 0 aliphatic heterocycles. The Hall–Kier alpha value is -1.58. The molecule has 1 heterocycles. The van der Waals surface area contributed by atoms with Crippen LogP contribution in [0.15, 0.2) is 18.3 Å². The molecule has 0 bridgehead atoms. The zero-order valence-electron chi connectivity index (χ0n) is 8.40. The van der Waals surface area contributed by atoms with E-state index in [0.717, 1.165) is 11.4 Å². The molecule has 0 spiro atoms. The van der Waals surface area contributed by atoms with E-state index < -0.39 is 5.97 Å². The number of rotatable bonds is 4. The van der Waals surface area contributed by atoms with Crippen LogP contribution < -0.4 is 4.90 Å². The predicted octanol–water partition coefficient (Wildman–Crippen LogP) is 1.30. The number of carbonyl (C=O) groups is 1. The first-order valence-electron chi connectivity index (χ1n) is 4.45. The van der Waals surface area contributed by atoms with Gasteiger partial charge in [-0.25, -0.2) is 4.98 Å². The van der Waals surface area contributed by atoms with Crippen LogP contribution in [0.2, 0.25) is 0 Å². The molecular weight excluding hydrogens is 180 g/mol. The largest absolute Gasteiger partial charge is 0.481 e. The summed E-state index contributed by atoms with van der Waals surface area (Å²) in [6, 6.07) is 3.84. The maximum atomic E-state index is 10.4. The molecule has 0 saturated heterocycles. The molecule has 0 saturated carbocycles. The lowest BCUT2D eigenvalue weighted by Crippen LogP contribution is -2.21. The fraction of sp³-hybridized carbons (Fsp3) is 0.400. The zero-order valence-corrected chi connectivity index (χ0v) is 8.40. The minimum Gasteiger partial charge on any atom is -0.481 e. The molecule has 0 aliphatic rings. The molecule has 1 rings (SSSR count). The van der Waals surface area contributed by atoms with Crippen molar-refractivity contribution >= 4 is 11.8 Å². The summed E-state index contributed by atoms with van der Waals surface area (Å²) in [7, 11) is 1.84. The van der Waals surface area contributed by atoms with Crippen molar-refractivity contribution in [2.75, 3.05) is 18.5 Å². The number of nitrogens with zero attached hydrogens (tertiary/aromatic N) is 2. The van der Waals surface area contributed by atoms with E-state index in [2.05, 4.69) is 4.98 Å².